The first-order valence-electron chi connectivity index (χ1n) is 5.91. The Morgan fingerprint density at radius 1 is 1.06 bits per heavy atom. The third kappa shape index (κ3) is 2.83. The third-order valence-corrected chi connectivity index (χ3v) is 2.87. The van der Waals surface area contributed by atoms with Crippen molar-refractivity contribution >= 4 is 5.78 Å². The van der Waals surface area contributed by atoms with Crippen molar-refractivity contribution in [3.8, 4) is 0 Å². The molecular formula is C16H15FO. The molecule has 2 aromatic carbocycles. The second-order valence-corrected chi connectivity index (χ2v) is 4.57. The minimum atomic E-state index is -0.437. The number of ketones is 1. The van der Waals surface area contributed by atoms with Gasteiger partial charge in [-0.15, -0.1) is 0 Å². The molecule has 0 amide bonds. The number of carbonyl (C=O) groups excluding carboxylic acids is 1. The average molecular weight is 242 g/mol. The summed E-state index contributed by atoms with van der Waals surface area (Å²) in [5.41, 5.74) is 3.01. The van der Waals surface area contributed by atoms with Crippen molar-refractivity contribution in [2.75, 3.05) is 0 Å². The topological polar surface area (TPSA) is 17.1 Å². The summed E-state index contributed by atoms with van der Waals surface area (Å²) in [7, 11) is 0. The van der Waals surface area contributed by atoms with Crippen LogP contribution < -0.4 is 0 Å². The van der Waals surface area contributed by atoms with E-state index in [0.29, 0.717) is 0 Å². The largest absolute Gasteiger partial charge is 0.294 e. The highest BCUT2D eigenvalue weighted by molar-refractivity contribution is 5.97. The van der Waals surface area contributed by atoms with E-state index in [0.717, 1.165) is 16.7 Å². The molecular weight excluding hydrogens is 227 g/mol. The van der Waals surface area contributed by atoms with Crippen molar-refractivity contribution < 1.29 is 9.18 Å². The van der Waals surface area contributed by atoms with Gasteiger partial charge in [0.2, 0.25) is 0 Å². The van der Waals surface area contributed by atoms with Crippen molar-refractivity contribution in [3.05, 3.63) is 70.5 Å². The molecule has 0 aliphatic carbocycles. The Morgan fingerprint density at radius 3 is 2.44 bits per heavy atom. The highest BCUT2D eigenvalue weighted by Gasteiger charge is 2.12. The number of Topliss-reactive ketones (excluding diaryl/α,β-unsaturated/α-hetero) is 1. The molecule has 2 rings (SSSR count). The lowest BCUT2D eigenvalue weighted by Crippen LogP contribution is -2.06. The summed E-state index contributed by atoms with van der Waals surface area (Å²) >= 11 is 0. The fourth-order valence-electron chi connectivity index (χ4n) is 1.95. The van der Waals surface area contributed by atoms with Gasteiger partial charge in [0.1, 0.15) is 5.82 Å². The van der Waals surface area contributed by atoms with E-state index in [2.05, 4.69) is 0 Å². The fraction of sp³-hybridized carbons (Fsp3) is 0.188. The number of hydrogen-bond acceptors (Lipinski definition) is 1. The zero-order chi connectivity index (χ0) is 13.1. The maximum Gasteiger partial charge on any atom is 0.170 e. The number of aryl methyl sites for hydroxylation is 2. The van der Waals surface area contributed by atoms with Crippen LogP contribution in [0.2, 0.25) is 0 Å². The predicted octanol–water partition coefficient (Wildman–Crippen LogP) is 3.87. The summed E-state index contributed by atoms with van der Waals surface area (Å²) in [5, 5.41) is 0. The number of rotatable bonds is 3. The van der Waals surface area contributed by atoms with Crippen LogP contribution in [0.25, 0.3) is 0 Å². The van der Waals surface area contributed by atoms with Gasteiger partial charge in [0.15, 0.2) is 5.78 Å². The molecule has 0 radical (unpaired) electrons. The Hall–Kier alpha value is -1.96. The monoisotopic (exact) mass is 242 g/mol. The highest BCUT2D eigenvalue weighted by Crippen LogP contribution is 2.14. The lowest BCUT2D eigenvalue weighted by Gasteiger charge is -2.04. The second-order valence-electron chi connectivity index (χ2n) is 4.57. The van der Waals surface area contributed by atoms with E-state index in [1.807, 2.05) is 31.2 Å². The van der Waals surface area contributed by atoms with Gasteiger partial charge in [0.25, 0.3) is 0 Å². The molecule has 0 aliphatic rings. The van der Waals surface area contributed by atoms with E-state index in [4.69, 9.17) is 0 Å². The van der Waals surface area contributed by atoms with Crippen molar-refractivity contribution in [1.82, 2.24) is 0 Å². The van der Waals surface area contributed by atoms with Gasteiger partial charge in [-0.25, -0.2) is 4.39 Å². The van der Waals surface area contributed by atoms with E-state index in [1.54, 1.807) is 19.1 Å². The Morgan fingerprint density at radius 2 is 1.78 bits per heavy atom. The third-order valence-electron chi connectivity index (χ3n) is 2.87. The standard InChI is InChI=1S/C16H15FO/c1-11-4-3-5-13(8-11)10-16(18)14-7-6-12(2)9-15(14)17/h3-9H,10H2,1-2H3. The van der Waals surface area contributed by atoms with E-state index in [1.165, 1.54) is 6.07 Å². The molecule has 0 saturated carbocycles. The van der Waals surface area contributed by atoms with Crippen molar-refractivity contribution in [2.45, 2.75) is 20.3 Å². The number of carbonyl (C=O) groups is 1. The van der Waals surface area contributed by atoms with E-state index in [-0.39, 0.29) is 17.8 Å². The van der Waals surface area contributed by atoms with Crippen LogP contribution in [0, 0.1) is 19.7 Å². The molecule has 0 atom stereocenters. The van der Waals surface area contributed by atoms with Gasteiger partial charge in [-0.1, -0.05) is 35.9 Å². The molecule has 0 N–H and O–H groups in total. The van der Waals surface area contributed by atoms with Gasteiger partial charge in [0, 0.05) is 6.42 Å². The summed E-state index contributed by atoms with van der Waals surface area (Å²) in [6, 6.07) is 12.4. The molecule has 0 saturated heterocycles. The van der Waals surface area contributed by atoms with Crippen LogP contribution in [0.5, 0.6) is 0 Å². The zero-order valence-electron chi connectivity index (χ0n) is 10.5. The van der Waals surface area contributed by atoms with Crippen molar-refractivity contribution in [3.63, 3.8) is 0 Å². The Bertz CT molecular complexity index is 587. The molecule has 0 heterocycles. The van der Waals surface area contributed by atoms with Gasteiger partial charge in [-0.05, 0) is 37.1 Å². The Labute approximate surface area is 106 Å². The fourth-order valence-corrected chi connectivity index (χ4v) is 1.95. The van der Waals surface area contributed by atoms with Crippen LogP contribution in [0.1, 0.15) is 27.0 Å². The summed E-state index contributed by atoms with van der Waals surface area (Å²) in [6.07, 6.45) is 0.238. The van der Waals surface area contributed by atoms with Crippen LogP contribution in [-0.4, -0.2) is 5.78 Å². The first-order chi connectivity index (χ1) is 8.56. The predicted molar refractivity (Wildman–Crippen MR) is 70.4 cm³/mol. The van der Waals surface area contributed by atoms with Crippen LogP contribution in [0.15, 0.2) is 42.5 Å². The van der Waals surface area contributed by atoms with Gasteiger partial charge in [-0.3, -0.25) is 4.79 Å². The molecule has 0 aliphatic heterocycles. The van der Waals surface area contributed by atoms with Crippen LogP contribution in [-0.2, 0) is 6.42 Å². The van der Waals surface area contributed by atoms with Gasteiger partial charge in [0.05, 0.1) is 5.56 Å². The molecule has 0 bridgehead atoms. The smallest absolute Gasteiger partial charge is 0.170 e. The second kappa shape index (κ2) is 5.13. The first kappa shape index (κ1) is 12.5. The minimum Gasteiger partial charge on any atom is -0.294 e. The van der Waals surface area contributed by atoms with Crippen LogP contribution >= 0.6 is 0 Å². The summed E-state index contributed by atoms with van der Waals surface area (Å²) in [5.74, 6) is -0.620. The molecule has 0 aromatic heterocycles. The summed E-state index contributed by atoms with van der Waals surface area (Å²) in [4.78, 5) is 12.0. The number of benzene rings is 2. The number of hydrogen-bond donors (Lipinski definition) is 0. The Balaban J connectivity index is 2.22. The quantitative estimate of drug-likeness (QED) is 0.747. The molecule has 0 unspecified atom stereocenters. The molecule has 1 nitrogen and oxygen atoms in total. The van der Waals surface area contributed by atoms with Crippen LogP contribution in [0.3, 0.4) is 0 Å². The highest BCUT2D eigenvalue weighted by atomic mass is 19.1. The molecule has 0 spiro atoms. The average Bonchev–Trinajstić information content (AvgIpc) is 2.28. The summed E-state index contributed by atoms with van der Waals surface area (Å²) in [6.45, 7) is 3.78. The maximum absolute atomic E-state index is 13.7. The Kier molecular flexibility index (Phi) is 3.56. The van der Waals surface area contributed by atoms with E-state index in [9.17, 15) is 9.18 Å². The first-order valence-corrected chi connectivity index (χ1v) is 5.91. The number of halogens is 1. The maximum atomic E-state index is 13.7. The molecule has 0 fully saturated rings. The summed E-state index contributed by atoms with van der Waals surface area (Å²) < 4.78 is 13.7. The van der Waals surface area contributed by atoms with Gasteiger partial charge < -0.3 is 0 Å². The molecule has 92 valence electrons. The molecule has 2 heteroatoms. The van der Waals surface area contributed by atoms with Gasteiger partial charge in [-0.2, -0.15) is 0 Å². The SMILES string of the molecule is Cc1cccc(CC(=O)c2ccc(C)cc2F)c1. The van der Waals surface area contributed by atoms with Crippen molar-refractivity contribution in [1.29, 1.82) is 0 Å². The van der Waals surface area contributed by atoms with E-state index >= 15 is 0 Å². The lowest BCUT2D eigenvalue weighted by atomic mass is 10.0. The molecule has 18 heavy (non-hydrogen) atoms. The van der Waals surface area contributed by atoms with Crippen molar-refractivity contribution in [2.24, 2.45) is 0 Å². The lowest BCUT2D eigenvalue weighted by molar-refractivity contribution is 0.0989. The van der Waals surface area contributed by atoms with Crippen LogP contribution in [0.4, 0.5) is 4.39 Å². The minimum absolute atomic E-state index is 0.169. The van der Waals surface area contributed by atoms with E-state index < -0.39 is 5.82 Å². The molecule has 2 aromatic rings. The zero-order valence-corrected chi connectivity index (χ0v) is 10.5. The van der Waals surface area contributed by atoms with Gasteiger partial charge >= 0.3 is 0 Å². The normalized spacial score (nSPS) is 10.4.